The Labute approximate surface area is 99.7 Å². The van der Waals surface area contributed by atoms with E-state index in [1.807, 2.05) is 0 Å². The van der Waals surface area contributed by atoms with Crippen LogP contribution in [-0.4, -0.2) is 25.0 Å². The van der Waals surface area contributed by atoms with Gasteiger partial charge in [-0.3, -0.25) is 4.79 Å². The number of hydrogen-bond acceptors (Lipinski definition) is 4. The van der Waals surface area contributed by atoms with Crippen molar-refractivity contribution in [3.63, 3.8) is 0 Å². The van der Waals surface area contributed by atoms with E-state index in [0.29, 0.717) is 0 Å². The van der Waals surface area contributed by atoms with E-state index >= 15 is 0 Å². The molecule has 17 heavy (non-hydrogen) atoms. The van der Waals surface area contributed by atoms with Gasteiger partial charge in [0.15, 0.2) is 0 Å². The molecule has 1 aromatic rings. The van der Waals surface area contributed by atoms with Gasteiger partial charge in [-0.1, -0.05) is 0 Å². The van der Waals surface area contributed by atoms with Crippen LogP contribution in [0.2, 0.25) is 0 Å². The van der Waals surface area contributed by atoms with Gasteiger partial charge in [-0.25, -0.2) is 13.1 Å². The second-order valence-corrected chi connectivity index (χ2v) is 6.02. The predicted octanol–water partition coefficient (Wildman–Crippen LogP) is 1.20. The molecular weight excluding hydrogens is 246 g/mol. The minimum Gasteiger partial charge on any atom is -0.481 e. The lowest BCUT2D eigenvalue weighted by atomic mass is 10.0. The van der Waals surface area contributed by atoms with E-state index in [4.69, 9.17) is 9.52 Å². The maximum absolute atomic E-state index is 11.8. The van der Waals surface area contributed by atoms with Crippen LogP contribution in [0.4, 0.5) is 0 Å². The van der Waals surface area contributed by atoms with Crippen LogP contribution >= 0.6 is 0 Å². The Balaban J connectivity index is 2.73. The third-order valence-corrected chi connectivity index (χ3v) is 3.85. The van der Waals surface area contributed by atoms with Crippen LogP contribution in [0.5, 0.6) is 0 Å². The third-order valence-electron chi connectivity index (χ3n) is 2.18. The quantitative estimate of drug-likeness (QED) is 0.802. The maximum Gasteiger partial charge on any atom is 0.303 e. The SMILES string of the molecule is CC(C)(CCC(=O)O)NS(=O)(=O)c1ccoc1. The zero-order valence-corrected chi connectivity index (χ0v) is 10.5. The number of carboxylic acid groups (broad SMARTS) is 1. The Morgan fingerprint density at radius 3 is 2.65 bits per heavy atom. The molecule has 0 atom stereocenters. The van der Waals surface area contributed by atoms with Gasteiger partial charge in [0.05, 0.1) is 6.26 Å². The van der Waals surface area contributed by atoms with Crippen LogP contribution in [0.3, 0.4) is 0 Å². The Kier molecular flexibility index (Phi) is 3.94. The summed E-state index contributed by atoms with van der Waals surface area (Å²) in [6.45, 7) is 3.27. The van der Waals surface area contributed by atoms with Gasteiger partial charge in [0.25, 0.3) is 0 Å². The molecule has 6 nitrogen and oxygen atoms in total. The zero-order chi connectivity index (χ0) is 13.1. The summed E-state index contributed by atoms with van der Waals surface area (Å²) in [6, 6.07) is 1.33. The largest absolute Gasteiger partial charge is 0.481 e. The van der Waals surface area contributed by atoms with Crippen molar-refractivity contribution in [1.82, 2.24) is 4.72 Å². The zero-order valence-electron chi connectivity index (χ0n) is 9.63. The monoisotopic (exact) mass is 261 g/mol. The van der Waals surface area contributed by atoms with Crippen molar-refractivity contribution in [1.29, 1.82) is 0 Å². The van der Waals surface area contributed by atoms with Crippen LogP contribution < -0.4 is 4.72 Å². The number of aliphatic carboxylic acids is 1. The van der Waals surface area contributed by atoms with Gasteiger partial charge in [-0.15, -0.1) is 0 Å². The first-order chi connectivity index (χ1) is 7.73. The highest BCUT2D eigenvalue weighted by atomic mass is 32.2. The van der Waals surface area contributed by atoms with E-state index in [2.05, 4.69) is 4.72 Å². The molecule has 96 valence electrons. The van der Waals surface area contributed by atoms with E-state index in [1.165, 1.54) is 12.3 Å². The summed E-state index contributed by atoms with van der Waals surface area (Å²) >= 11 is 0. The molecule has 0 unspecified atom stereocenters. The van der Waals surface area contributed by atoms with E-state index in [-0.39, 0.29) is 17.7 Å². The van der Waals surface area contributed by atoms with E-state index in [0.717, 1.165) is 6.26 Å². The minimum atomic E-state index is -3.66. The summed E-state index contributed by atoms with van der Waals surface area (Å²) in [5.41, 5.74) is -0.825. The first-order valence-corrected chi connectivity index (χ1v) is 6.49. The van der Waals surface area contributed by atoms with Crippen molar-refractivity contribution in [2.24, 2.45) is 0 Å². The summed E-state index contributed by atoms with van der Waals surface area (Å²) in [4.78, 5) is 10.5. The van der Waals surface area contributed by atoms with Crippen LogP contribution in [0.15, 0.2) is 27.9 Å². The highest BCUT2D eigenvalue weighted by Crippen LogP contribution is 2.17. The smallest absolute Gasteiger partial charge is 0.303 e. The van der Waals surface area contributed by atoms with Gasteiger partial charge >= 0.3 is 5.97 Å². The van der Waals surface area contributed by atoms with E-state index < -0.39 is 21.5 Å². The molecule has 0 fully saturated rings. The number of sulfonamides is 1. The minimum absolute atomic E-state index is 0.0286. The first kappa shape index (κ1) is 13.7. The fraction of sp³-hybridized carbons (Fsp3) is 0.500. The lowest BCUT2D eigenvalue weighted by Crippen LogP contribution is -2.43. The van der Waals surface area contributed by atoms with Crippen LogP contribution in [0.25, 0.3) is 0 Å². The maximum atomic E-state index is 11.8. The normalized spacial score (nSPS) is 12.6. The van der Waals surface area contributed by atoms with Crippen LogP contribution in [0, 0.1) is 0 Å². The molecular formula is C10H15NO5S. The van der Waals surface area contributed by atoms with Crippen molar-refractivity contribution < 1.29 is 22.7 Å². The average Bonchev–Trinajstić information content (AvgIpc) is 2.66. The number of carboxylic acids is 1. The van der Waals surface area contributed by atoms with Crippen LogP contribution in [0.1, 0.15) is 26.7 Å². The molecule has 1 aromatic heterocycles. The standard InChI is InChI=1S/C10H15NO5S/c1-10(2,5-3-9(12)13)11-17(14,15)8-4-6-16-7-8/h4,6-7,11H,3,5H2,1-2H3,(H,12,13). The van der Waals surface area contributed by atoms with Gasteiger partial charge < -0.3 is 9.52 Å². The molecule has 0 spiro atoms. The number of rotatable bonds is 6. The molecule has 1 heterocycles. The van der Waals surface area contributed by atoms with Crippen molar-refractivity contribution >= 4 is 16.0 Å². The lowest BCUT2D eigenvalue weighted by molar-refractivity contribution is -0.137. The Bertz CT molecular complexity index is 475. The Morgan fingerprint density at radius 1 is 1.53 bits per heavy atom. The molecule has 0 aliphatic carbocycles. The van der Waals surface area contributed by atoms with Crippen molar-refractivity contribution in [3.8, 4) is 0 Å². The molecule has 0 radical (unpaired) electrons. The fourth-order valence-corrected chi connectivity index (χ4v) is 2.66. The lowest BCUT2D eigenvalue weighted by Gasteiger charge is -2.24. The second kappa shape index (κ2) is 4.89. The third kappa shape index (κ3) is 4.20. The molecule has 2 N–H and O–H groups in total. The summed E-state index contributed by atoms with van der Waals surface area (Å²) in [5.74, 6) is -0.958. The number of hydrogen-bond donors (Lipinski definition) is 2. The van der Waals surface area contributed by atoms with E-state index in [9.17, 15) is 13.2 Å². The molecule has 0 aromatic carbocycles. The molecule has 1 rings (SSSR count). The summed E-state index contributed by atoms with van der Waals surface area (Å²) < 4.78 is 30.8. The Hall–Kier alpha value is -1.34. The topological polar surface area (TPSA) is 96.6 Å². The van der Waals surface area contributed by atoms with Gasteiger partial charge in [0.1, 0.15) is 11.2 Å². The summed E-state index contributed by atoms with van der Waals surface area (Å²) in [5, 5.41) is 8.57. The molecule has 0 bridgehead atoms. The first-order valence-electron chi connectivity index (χ1n) is 5.01. The molecule has 7 heteroatoms. The fourth-order valence-electron chi connectivity index (χ4n) is 1.30. The summed E-state index contributed by atoms with van der Waals surface area (Å²) in [7, 11) is -3.66. The van der Waals surface area contributed by atoms with Crippen molar-refractivity contribution in [3.05, 3.63) is 18.6 Å². The van der Waals surface area contributed by atoms with Gasteiger partial charge in [-0.2, -0.15) is 0 Å². The average molecular weight is 261 g/mol. The van der Waals surface area contributed by atoms with Crippen molar-refractivity contribution in [2.45, 2.75) is 37.1 Å². The molecule has 0 aliphatic rings. The van der Waals surface area contributed by atoms with Crippen LogP contribution in [-0.2, 0) is 14.8 Å². The Morgan fingerprint density at radius 2 is 2.18 bits per heavy atom. The molecule has 0 saturated heterocycles. The summed E-state index contributed by atoms with van der Waals surface area (Å²) in [6.07, 6.45) is 2.49. The van der Waals surface area contributed by atoms with Gasteiger partial charge in [-0.05, 0) is 26.3 Å². The highest BCUT2D eigenvalue weighted by Gasteiger charge is 2.27. The molecule has 0 aliphatic heterocycles. The van der Waals surface area contributed by atoms with Gasteiger partial charge in [0, 0.05) is 12.0 Å². The number of carbonyl (C=O) groups is 1. The predicted molar refractivity (Wildman–Crippen MR) is 60.0 cm³/mol. The molecule has 0 amide bonds. The number of nitrogens with one attached hydrogen (secondary N) is 1. The van der Waals surface area contributed by atoms with E-state index in [1.54, 1.807) is 13.8 Å². The van der Waals surface area contributed by atoms with Crippen molar-refractivity contribution in [2.75, 3.05) is 0 Å². The number of furan rings is 1. The van der Waals surface area contributed by atoms with Gasteiger partial charge in [0.2, 0.25) is 10.0 Å². The highest BCUT2D eigenvalue weighted by molar-refractivity contribution is 7.89. The molecule has 0 saturated carbocycles. The second-order valence-electron chi connectivity index (χ2n) is 4.34.